The fourth-order valence-electron chi connectivity index (χ4n) is 3.74. The molecule has 1 aromatic carbocycles. The summed E-state index contributed by atoms with van der Waals surface area (Å²) in [5.41, 5.74) is 1.77. The van der Waals surface area contributed by atoms with Crippen LogP contribution in [0.1, 0.15) is 28.4 Å². The highest BCUT2D eigenvalue weighted by atomic mass is 127. The molecular formula is C23H23IN4O4S. The Labute approximate surface area is 207 Å². The SMILES string of the molecule is Cc1ccc(CNC(=O)c2cc3ccc(OSI)nc3n(CC(=O)N3CC(C)C3)c2=O)cc1. The molecule has 0 aliphatic carbocycles. The van der Waals surface area contributed by atoms with E-state index in [4.69, 9.17) is 4.18 Å². The van der Waals surface area contributed by atoms with Crippen LogP contribution in [-0.4, -0.2) is 39.4 Å². The van der Waals surface area contributed by atoms with Gasteiger partial charge in [-0.1, -0.05) is 36.8 Å². The number of aryl methyl sites for hydroxylation is 1. The lowest BCUT2D eigenvalue weighted by atomic mass is 10.0. The molecule has 0 spiro atoms. The molecule has 10 heteroatoms. The van der Waals surface area contributed by atoms with Crippen molar-refractivity contribution in [1.82, 2.24) is 19.8 Å². The van der Waals surface area contributed by atoms with Crippen LogP contribution in [0.25, 0.3) is 11.0 Å². The minimum atomic E-state index is -0.558. The van der Waals surface area contributed by atoms with Crippen LogP contribution in [0.2, 0.25) is 0 Å². The summed E-state index contributed by atoms with van der Waals surface area (Å²) in [5.74, 6) is 0.0891. The summed E-state index contributed by atoms with van der Waals surface area (Å²) in [6, 6.07) is 12.7. The van der Waals surface area contributed by atoms with Crippen molar-refractivity contribution >= 4 is 53.3 Å². The maximum atomic E-state index is 13.3. The highest BCUT2D eigenvalue weighted by Gasteiger charge is 2.28. The van der Waals surface area contributed by atoms with Crippen molar-refractivity contribution < 1.29 is 13.8 Å². The average Bonchev–Trinajstić information content (AvgIpc) is 2.78. The lowest BCUT2D eigenvalue weighted by Gasteiger charge is -2.37. The first-order chi connectivity index (χ1) is 15.9. The lowest BCUT2D eigenvalue weighted by molar-refractivity contribution is -0.137. The third-order valence-corrected chi connectivity index (χ3v) is 6.33. The Morgan fingerprint density at radius 1 is 1.21 bits per heavy atom. The molecule has 1 fully saturated rings. The number of hydrogen-bond donors (Lipinski definition) is 1. The molecule has 172 valence electrons. The number of carbonyl (C=O) groups is 2. The number of nitrogens with one attached hydrogen (secondary N) is 1. The van der Waals surface area contributed by atoms with E-state index in [0.717, 1.165) is 20.3 Å². The zero-order valence-corrected chi connectivity index (χ0v) is 21.2. The van der Waals surface area contributed by atoms with Gasteiger partial charge in [0.2, 0.25) is 11.8 Å². The van der Waals surface area contributed by atoms with Crippen molar-refractivity contribution in [3.8, 4) is 5.88 Å². The van der Waals surface area contributed by atoms with E-state index in [2.05, 4.69) is 17.2 Å². The third kappa shape index (κ3) is 5.32. The highest BCUT2D eigenvalue weighted by Crippen LogP contribution is 2.23. The summed E-state index contributed by atoms with van der Waals surface area (Å²) < 4.78 is 6.65. The summed E-state index contributed by atoms with van der Waals surface area (Å²) in [6.07, 6.45) is 0. The van der Waals surface area contributed by atoms with Crippen LogP contribution in [0.5, 0.6) is 5.88 Å². The second-order valence-electron chi connectivity index (χ2n) is 8.23. The molecule has 0 unspecified atom stereocenters. The van der Waals surface area contributed by atoms with Gasteiger partial charge in [-0.25, -0.2) is 0 Å². The van der Waals surface area contributed by atoms with Gasteiger partial charge in [0.15, 0.2) is 0 Å². The number of fused-ring (bicyclic) bond motifs is 1. The summed E-state index contributed by atoms with van der Waals surface area (Å²) in [4.78, 5) is 45.1. The highest BCUT2D eigenvalue weighted by molar-refractivity contribution is 14.2. The monoisotopic (exact) mass is 578 g/mol. The molecule has 1 aliphatic heterocycles. The molecule has 2 aromatic heterocycles. The largest absolute Gasteiger partial charge is 0.395 e. The first-order valence-electron chi connectivity index (χ1n) is 10.5. The first-order valence-corrected chi connectivity index (χ1v) is 13.8. The number of nitrogens with zero attached hydrogens (tertiary/aromatic N) is 3. The molecule has 8 nitrogen and oxygen atoms in total. The molecule has 3 aromatic rings. The zero-order chi connectivity index (χ0) is 23.5. The smallest absolute Gasteiger partial charge is 0.265 e. The normalized spacial score (nSPS) is 13.6. The molecule has 0 radical (unpaired) electrons. The van der Waals surface area contributed by atoms with Gasteiger partial charge < -0.3 is 14.4 Å². The molecule has 0 bridgehead atoms. The zero-order valence-electron chi connectivity index (χ0n) is 18.2. The number of pyridine rings is 2. The number of halogens is 1. The van der Waals surface area contributed by atoms with E-state index in [1.807, 2.05) is 52.4 Å². The van der Waals surface area contributed by atoms with E-state index >= 15 is 0 Å². The Bertz CT molecular complexity index is 1260. The van der Waals surface area contributed by atoms with Crippen molar-refractivity contribution in [2.75, 3.05) is 13.1 Å². The van der Waals surface area contributed by atoms with E-state index < -0.39 is 11.5 Å². The van der Waals surface area contributed by atoms with Crippen LogP contribution < -0.4 is 15.1 Å². The predicted molar refractivity (Wildman–Crippen MR) is 136 cm³/mol. The van der Waals surface area contributed by atoms with Gasteiger partial charge in [-0.2, -0.15) is 4.98 Å². The van der Waals surface area contributed by atoms with Crippen LogP contribution in [0, 0.1) is 12.8 Å². The summed E-state index contributed by atoms with van der Waals surface area (Å²) in [6.45, 7) is 5.49. The minimum Gasteiger partial charge on any atom is -0.395 e. The van der Waals surface area contributed by atoms with Gasteiger partial charge in [-0.05, 0) is 30.5 Å². The number of likely N-dealkylation sites (tertiary alicyclic amines) is 1. The Balaban J connectivity index is 1.67. The third-order valence-electron chi connectivity index (χ3n) is 5.56. The molecule has 33 heavy (non-hydrogen) atoms. The van der Waals surface area contributed by atoms with E-state index in [0.29, 0.717) is 42.5 Å². The second-order valence-corrected chi connectivity index (χ2v) is 9.60. The number of benzene rings is 1. The van der Waals surface area contributed by atoms with E-state index in [1.165, 1.54) is 10.6 Å². The Morgan fingerprint density at radius 2 is 1.94 bits per heavy atom. The van der Waals surface area contributed by atoms with Crippen LogP contribution >= 0.6 is 30.4 Å². The number of carbonyl (C=O) groups excluding carboxylic acids is 2. The molecule has 0 saturated carbocycles. The quantitative estimate of drug-likeness (QED) is 0.341. The number of amides is 2. The summed E-state index contributed by atoms with van der Waals surface area (Å²) in [7, 11) is 1.10. The van der Waals surface area contributed by atoms with Crippen molar-refractivity contribution in [3.05, 3.63) is 69.5 Å². The Hall–Kier alpha value is -2.60. The molecule has 4 rings (SSSR count). The van der Waals surface area contributed by atoms with Crippen LogP contribution in [0.15, 0.2) is 47.3 Å². The van der Waals surface area contributed by atoms with Gasteiger partial charge in [0.05, 0.1) is 0 Å². The molecule has 1 N–H and O–H groups in total. The molecular weight excluding hydrogens is 555 g/mol. The fraction of sp³-hybridized carbons (Fsp3) is 0.304. The summed E-state index contributed by atoms with van der Waals surface area (Å²) in [5, 5.41) is 3.38. The first kappa shape index (κ1) is 23.6. The fourth-order valence-corrected chi connectivity index (χ4v) is 4.45. The minimum absolute atomic E-state index is 0.0295. The van der Waals surface area contributed by atoms with Crippen LogP contribution in [0.4, 0.5) is 0 Å². The predicted octanol–water partition coefficient (Wildman–Crippen LogP) is 3.49. The van der Waals surface area contributed by atoms with Crippen LogP contribution in [-0.2, 0) is 17.9 Å². The summed E-state index contributed by atoms with van der Waals surface area (Å²) >= 11 is 1.97. The van der Waals surface area contributed by atoms with Crippen LogP contribution in [0.3, 0.4) is 0 Å². The number of rotatable bonds is 7. The molecule has 3 heterocycles. The van der Waals surface area contributed by atoms with Crippen molar-refractivity contribution in [2.24, 2.45) is 5.92 Å². The number of aromatic nitrogens is 2. The van der Waals surface area contributed by atoms with Gasteiger partial charge >= 0.3 is 0 Å². The van der Waals surface area contributed by atoms with Crippen molar-refractivity contribution in [1.29, 1.82) is 0 Å². The van der Waals surface area contributed by atoms with Crippen molar-refractivity contribution in [3.63, 3.8) is 0 Å². The second kappa shape index (κ2) is 10.1. The molecule has 0 atom stereocenters. The Kier molecular flexibility index (Phi) is 7.23. The molecule has 2 amide bonds. The molecule has 1 aliphatic rings. The molecule has 1 saturated heterocycles. The van der Waals surface area contributed by atoms with Gasteiger partial charge in [-0.3, -0.25) is 19.0 Å². The maximum Gasteiger partial charge on any atom is 0.265 e. The lowest BCUT2D eigenvalue weighted by Crippen LogP contribution is -2.50. The van der Waals surface area contributed by atoms with Crippen molar-refractivity contribution in [2.45, 2.75) is 26.9 Å². The van der Waals surface area contributed by atoms with Gasteiger partial charge in [-0.15, -0.1) is 0 Å². The number of hydrogen-bond acceptors (Lipinski definition) is 6. The maximum absolute atomic E-state index is 13.3. The van der Waals surface area contributed by atoms with Gasteiger partial charge in [0.1, 0.15) is 27.0 Å². The average molecular weight is 578 g/mol. The van der Waals surface area contributed by atoms with E-state index in [-0.39, 0.29) is 18.0 Å². The van der Waals surface area contributed by atoms with E-state index in [9.17, 15) is 14.4 Å². The Morgan fingerprint density at radius 3 is 2.61 bits per heavy atom. The van der Waals surface area contributed by atoms with Gasteiger partial charge in [0, 0.05) is 52.3 Å². The van der Waals surface area contributed by atoms with Gasteiger partial charge in [0.25, 0.3) is 11.5 Å². The van der Waals surface area contributed by atoms with E-state index in [1.54, 1.807) is 17.0 Å². The standard InChI is InChI=1S/C23H23IN4O4S/c1-14-3-5-16(6-4-14)10-25-22(30)18-9-17-7-8-19(32-33-24)26-21(17)28(23(18)31)13-20(29)27-11-15(2)12-27/h3-9,15H,10-13H2,1-2H3,(H,25,30). The topological polar surface area (TPSA) is 93.5 Å².